The highest BCUT2D eigenvalue weighted by molar-refractivity contribution is 7.89. The Morgan fingerprint density at radius 2 is 1.81 bits per heavy atom. The molecule has 0 aliphatic heterocycles. The van der Waals surface area contributed by atoms with Crippen LogP contribution in [0, 0.1) is 12.7 Å². The van der Waals surface area contributed by atoms with Crippen LogP contribution in [0.5, 0.6) is 0 Å². The first-order valence-corrected chi connectivity index (χ1v) is 11.2. The fraction of sp³-hybridized carbons (Fsp3) is 0.273. The van der Waals surface area contributed by atoms with E-state index < -0.39 is 27.4 Å². The molecule has 0 N–H and O–H groups in total. The molecule has 164 valence electrons. The van der Waals surface area contributed by atoms with E-state index in [1.807, 2.05) is 30.3 Å². The van der Waals surface area contributed by atoms with Crippen molar-refractivity contribution in [1.29, 1.82) is 0 Å². The van der Waals surface area contributed by atoms with Crippen LogP contribution in [-0.2, 0) is 21.4 Å². The molecule has 0 fully saturated rings. The van der Waals surface area contributed by atoms with Gasteiger partial charge in [-0.25, -0.2) is 22.6 Å². The van der Waals surface area contributed by atoms with E-state index in [9.17, 15) is 17.6 Å². The lowest BCUT2D eigenvalue weighted by Gasteiger charge is -2.18. The summed E-state index contributed by atoms with van der Waals surface area (Å²) in [7, 11) is -3.84. The molecule has 0 aliphatic rings. The van der Waals surface area contributed by atoms with Crippen molar-refractivity contribution in [2.75, 3.05) is 13.1 Å². The molecule has 9 heteroatoms. The summed E-state index contributed by atoms with van der Waals surface area (Å²) in [5.41, 5.74) is 0.695. The van der Waals surface area contributed by atoms with E-state index in [0.29, 0.717) is 17.3 Å². The van der Waals surface area contributed by atoms with Crippen LogP contribution in [0.3, 0.4) is 0 Å². The van der Waals surface area contributed by atoms with E-state index in [4.69, 9.17) is 9.15 Å². The number of oxazole rings is 1. The SMILES string of the molecule is CCN(CC)S(=O)(=O)c1ccc(F)c(C(=O)OCc2nc(-c3ccccc3)oc2C)c1. The topological polar surface area (TPSA) is 89.7 Å². The van der Waals surface area contributed by atoms with Crippen LogP contribution >= 0.6 is 0 Å². The van der Waals surface area contributed by atoms with Crippen molar-refractivity contribution in [3.8, 4) is 11.5 Å². The fourth-order valence-electron chi connectivity index (χ4n) is 3.01. The summed E-state index contributed by atoms with van der Waals surface area (Å²) in [5.74, 6) is -1.02. The van der Waals surface area contributed by atoms with E-state index >= 15 is 0 Å². The highest BCUT2D eigenvalue weighted by Crippen LogP contribution is 2.23. The number of carbonyl (C=O) groups excluding carboxylic acids is 1. The molecule has 3 rings (SSSR count). The van der Waals surface area contributed by atoms with Crippen molar-refractivity contribution in [3.05, 3.63) is 71.4 Å². The van der Waals surface area contributed by atoms with Gasteiger partial charge < -0.3 is 9.15 Å². The van der Waals surface area contributed by atoms with Gasteiger partial charge in [-0.1, -0.05) is 32.0 Å². The largest absolute Gasteiger partial charge is 0.455 e. The molecule has 2 aromatic carbocycles. The zero-order valence-electron chi connectivity index (χ0n) is 17.5. The van der Waals surface area contributed by atoms with Crippen molar-refractivity contribution >= 4 is 16.0 Å². The van der Waals surface area contributed by atoms with E-state index in [0.717, 1.165) is 23.8 Å². The number of aryl methyl sites for hydroxylation is 1. The molecule has 7 nitrogen and oxygen atoms in total. The lowest BCUT2D eigenvalue weighted by molar-refractivity contribution is 0.0461. The lowest BCUT2D eigenvalue weighted by atomic mass is 10.2. The van der Waals surface area contributed by atoms with E-state index in [-0.39, 0.29) is 24.6 Å². The van der Waals surface area contributed by atoms with Crippen molar-refractivity contribution in [1.82, 2.24) is 9.29 Å². The summed E-state index contributed by atoms with van der Waals surface area (Å²) in [4.78, 5) is 16.6. The Morgan fingerprint density at radius 3 is 2.45 bits per heavy atom. The third-order valence-electron chi connectivity index (χ3n) is 4.75. The van der Waals surface area contributed by atoms with E-state index in [1.54, 1.807) is 20.8 Å². The van der Waals surface area contributed by atoms with Gasteiger partial charge in [0.2, 0.25) is 15.9 Å². The number of hydrogen-bond donors (Lipinski definition) is 0. The second kappa shape index (κ2) is 9.40. The van der Waals surface area contributed by atoms with Gasteiger partial charge in [-0.2, -0.15) is 4.31 Å². The third kappa shape index (κ3) is 4.83. The monoisotopic (exact) mass is 446 g/mol. The minimum absolute atomic E-state index is 0.173. The van der Waals surface area contributed by atoms with Crippen LogP contribution in [-0.4, -0.2) is 36.8 Å². The second-order valence-electron chi connectivity index (χ2n) is 6.70. The molecule has 0 bridgehead atoms. The smallest absolute Gasteiger partial charge is 0.341 e. The van der Waals surface area contributed by atoms with Crippen LogP contribution in [0.4, 0.5) is 4.39 Å². The molecule has 0 atom stereocenters. The highest BCUT2D eigenvalue weighted by Gasteiger charge is 2.25. The number of ether oxygens (including phenoxy) is 1. The zero-order chi connectivity index (χ0) is 22.6. The number of sulfonamides is 1. The number of rotatable bonds is 8. The van der Waals surface area contributed by atoms with Gasteiger partial charge in [0.15, 0.2) is 0 Å². The summed E-state index contributed by atoms with van der Waals surface area (Å²) in [6.45, 7) is 5.34. The molecule has 0 saturated carbocycles. The average Bonchev–Trinajstić information content (AvgIpc) is 3.14. The molecule has 0 radical (unpaired) electrons. The van der Waals surface area contributed by atoms with Crippen molar-refractivity contribution in [3.63, 3.8) is 0 Å². The van der Waals surface area contributed by atoms with Gasteiger partial charge >= 0.3 is 5.97 Å². The van der Waals surface area contributed by atoms with Gasteiger partial charge in [0.25, 0.3) is 0 Å². The Kier molecular flexibility index (Phi) is 6.87. The number of esters is 1. The second-order valence-corrected chi connectivity index (χ2v) is 8.63. The maximum absolute atomic E-state index is 14.3. The summed E-state index contributed by atoms with van der Waals surface area (Å²) >= 11 is 0. The summed E-state index contributed by atoms with van der Waals surface area (Å²) in [6.07, 6.45) is 0. The number of carbonyl (C=O) groups is 1. The minimum Gasteiger partial charge on any atom is -0.455 e. The predicted molar refractivity (Wildman–Crippen MR) is 112 cm³/mol. The zero-order valence-corrected chi connectivity index (χ0v) is 18.3. The molecule has 0 unspecified atom stereocenters. The molecule has 31 heavy (non-hydrogen) atoms. The Balaban J connectivity index is 1.79. The van der Waals surface area contributed by atoms with Crippen molar-refractivity contribution in [2.45, 2.75) is 32.3 Å². The summed E-state index contributed by atoms with van der Waals surface area (Å²) in [6, 6.07) is 12.3. The lowest BCUT2D eigenvalue weighted by Crippen LogP contribution is -2.30. The minimum atomic E-state index is -3.84. The first-order chi connectivity index (χ1) is 14.8. The molecule has 1 aromatic heterocycles. The normalized spacial score (nSPS) is 11.6. The van der Waals surface area contributed by atoms with Crippen LogP contribution in [0.25, 0.3) is 11.5 Å². The maximum Gasteiger partial charge on any atom is 0.341 e. The Labute approximate surface area is 180 Å². The molecule has 0 saturated heterocycles. The Morgan fingerprint density at radius 1 is 1.13 bits per heavy atom. The fourth-order valence-corrected chi connectivity index (χ4v) is 4.50. The molecule has 3 aromatic rings. The predicted octanol–water partition coefficient (Wildman–Crippen LogP) is 4.18. The first-order valence-electron chi connectivity index (χ1n) is 9.76. The third-order valence-corrected chi connectivity index (χ3v) is 6.80. The highest BCUT2D eigenvalue weighted by atomic mass is 32.2. The van der Waals surface area contributed by atoms with Gasteiger partial charge in [-0.05, 0) is 37.3 Å². The maximum atomic E-state index is 14.3. The van der Waals surface area contributed by atoms with Crippen molar-refractivity contribution in [2.24, 2.45) is 0 Å². The molecule has 1 heterocycles. The van der Waals surface area contributed by atoms with Crippen molar-refractivity contribution < 1.29 is 26.8 Å². The number of nitrogens with zero attached hydrogens (tertiary/aromatic N) is 2. The van der Waals surface area contributed by atoms with Crippen LogP contribution in [0.1, 0.15) is 35.7 Å². The van der Waals surface area contributed by atoms with Gasteiger partial charge in [0.1, 0.15) is 23.9 Å². The summed E-state index contributed by atoms with van der Waals surface area (Å²) < 4.78 is 51.6. The van der Waals surface area contributed by atoms with Crippen LogP contribution in [0.15, 0.2) is 57.8 Å². The van der Waals surface area contributed by atoms with Crippen LogP contribution < -0.4 is 0 Å². The van der Waals surface area contributed by atoms with E-state index in [1.165, 1.54) is 4.31 Å². The molecule has 0 spiro atoms. The number of halogens is 1. The van der Waals surface area contributed by atoms with E-state index in [2.05, 4.69) is 4.98 Å². The van der Waals surface area contributed by atoms with Gasteiger partial charge in [0, 0.05) is 18.7 Å². The number of benzene rings is 2. The molecule has 0 amide bonds. The van der Waals surface area contributed by atoms with Gasteiger partial charge in [0.05, 0.1) is 10.5 Å². The van der Waals surface area contributed by atoms with Gasteiger partial charge in [-0.15, -0.1) is 0 Å². The molecule has 0 aliphatic carbocycles. The standard InChI is InChI=1S/C22H23FN2O5S/c1-4-25(5-2)31(27,28)17-11-12-19(23)18(13-17)22(26)29-14-20-15(3)30-21(24-20)16-9-7-6-8-10-16/h6-13H,4-5,14H2,1-3H3. The Bertz CT molecular complexity index is 1170. The first kappa shape index (κ1) is 22.6. The van der Waals surface area contributed by atoms with Gasteiger partial charge in [-0.3, -0.25) is 0 Å². The number of hydrogen-bond acceptors (Lipinski definition) is 6. The molecular formula is C22H23FN2O5S. The quantitative estimate of drug-likeness (QED) is 0.482. The average molecular weight is 447 g/mol. The number of aromatic nitrogens is 1. The Hall–Kier alpha value is -3.04. The summed E-state index contributed by atoms with van der Waals surface area (Å²) in [5, 5.41) is 0. The molecular weight excluding hydrogens is 423 g/mol. The van der Waals surface area contributed by atoms with Crippen LogP contribution in [0.2, 0.25) is 0 Å².